The van der Waals surface area contributed by atoms with Crippen molar-refractivity contribution in [2.75, 3.05) is 18.0 Å². The van der Waals surface area contributed by atoms with Gasteiger partial charge in [-0.25, -0.2) is 14.6 Å². The molecule has 0 bridgehead atoms. The molecular weight excluding hydrogens is 404 g/mol. The number of nitrogens with two attached hydrogens (primary N) is 4. The monoisotopic (exact) mass is 424 g/mol. The van der Waals surface area contributed by atoms with Crippen molar-refractivity contribution < 1.29 is 29.4 Å². The van der Waals surface area contributed by atoms with Crippen LogP contribution < -0.4 is 27.8 Å². The highest BCUT2D eigenvalue weighted by Gasteiger charge is 2.55. The van der Waals surface area contributed by atoms with Gasteiger partial charge in [0.05, 0.1) is 11.3 Å². The van der Waals surface area contributed by atoms with Gasteiger partial charge in [-0.15, -0.1) is 0 Å². The second-order valence-electron chi connectivity index (χ2n) is 6.64. The number of carbonyl (C=O) groups excluding carboxylic acids is 2. The first-order chi connectivity index (χ1) is 13.5. The van der Waals surface area contributed by atoms with Crippen molar-refractivity contribution in [2.45, 2.75) is 23.9 Å². The van der Waals surface area contributed by atoms with E-state index < -0.39 is 53.6 Å². The predicted molar refractivity (Wildman–Crippen MR) is 104 cm³/mol. The van der Waals surface area contributed by atoms with Gasteiger partial charge in [-0.3, -0.25) is 9.59 Å². The normalized spacial score (nSPS) is 19.6. The first kappa shape index (κ1) is 20.4. The summed E-state index contributed by atoms with van der Waals surface area (Å²) in [4.78, 5) is 53.8. The number of carbonyl (C=O) groups is 4. The number of hydrogen-bond donors (Lipinski definition) is 6. The first-order valence-corrected chi connectivity index (χ1v) is 10.1. The standard InChI is InChI=1S/C16H20N6O6S/c17-6-1-3-22(4-2-6)8-5-7(13(23)24)9-10(18)11(14(25)26)29(15(19)27,16(20)28)12(9)21-8/h5-6H,1-4,17-18H2,(H2,19,27)(H2,20,28)(H,23,24)(H,25,26). The van der Waals surface area contributed by atoms with E-state index in [0.29, 0.717) is 25.9 Å². The van der Waals surface area contributed by atoms with Gasteiger partial charge in [-0.2, -0.15) is 0 Å². The fraction of sp³-hybridized carbons (Fsp3) is 0.312. The summed E-state index contributed by atoms with van der Waals surface area (Å²) in [5.74, 6) is -2.99. The summed E-state index contributed by atoms with van der Waals surface area (Å²) in [6.45, 7) is 0.909. The summed E-state index contributed by atoms with van der Waals surface area (Å²) in [5.41, 5.74) is 21.4. The van der Waals surface area contributed by atoms with Crippen LogP contribution in [0.2, 0.25) is 0 Å². The lowest BCUT2D eigenvalue weighted by Crippen LogP contribution is -2.40. The van der Waals surface area contributed by atoms with E-state index in [0.717, 1.165) is 0 Å². The molecule has 1 aromatic heterocycles. The number of carboxylic acids is 2. The molecule has 10 N–H and O–H groups in total. The summed E-state index contributed by atoms with van der Waals surface area (Å²) in [5, 5.41) is 16.3. The number of carboxylic acid groups (broad SMARTS) is 2. The Balaban J connectivity index is 2.35. The number of nitrogens with zero attached hydrogens (tertiary/aromatic N) is 2. The summed E-state index contributed by atoms with van der Waals surface area (Å²) in [6, 6.07) is 1.21. The zero-order valence-electron chi connectivity index (χ0n) is 15.1. The molecule has 0 atom stereocenters. The van der Waals surface area contributed by atoms with Gasteiger partial charge in [0.2, 0.25) is 0 Å². The average Bonchev–Trinajstić information content (AvgIpc) is 2.91. The Kier molecular flexibility index (Phi) is 4.88. The highest BCUT2D eigenvalue weighted by Crippen LogP contribution is 2.68. The van der Waals surface area contributed by atoms with Gasteiger partial charge < -0.3 is 38.0 Å². The molecule has 156 valence electrons. The molecule has 0 aliphatic carbocycles. The highest BCUT2D eigenvalue weighted by atomic mass is 32.3. The third-order valence-corrected chi connectivity index (χ3v) is 8.06. The van der Waals surface area contributed by atoms with E-state index in [1.54, 1.807) is 4.90 Å². The third kappa shape index (κ3) is 2.86. The molecule has 2 amide bonds. The van der Waals surface area contributed by atoms with Crippen LogP contribution >= 0.6 is 10.0 Å². The van der Waals surface area contributed by atoms with E-state index in [4.69, 9.17) is 22.9 Å². The number of hydrogen-bond acceptors (Lipinski definition) is 8. The number of aliphatic carboxylic acids is 1. The SMILES string of the molecule is NC(=O)S1(C(N)=O)C(C(=O)O)=C(N)c2c(C(=O)O)cc(N3CCC(N)CC3)nc21. The molecule has 29 heavy (non-hydrogen) atoms. The van der Waals surface area contributed by atoms with Crippen LogP contribution in [0.25, 0.3) is 5.70 Å². The summed E-state index contributed by atoms with van der Waals surface area (Å²) in [6.07, 6.45) is 1.23. The third-order valence-electron chi connectivity index (χ3n) is 4.97. The molecule has 0 saturated carbocycles. The largest absolute Gasteiger partial charge is 0.478 e. The van der Waals surface area contributed by atoms with E-state index in [-0.39, 0.29) is 17.4 Å². The fourth-order valence-electron chi connectivity index (χ4n) is 3.56. The Morgan fingerprint density at radius 2 is 1.62 bits per heavy atom. The van der Waals surface area contributed by atoms with Crippen molar-refractivity contribution in [1.29, 1.82) is 0 Å². The molecule has 0 spiro atoms. The maximum absolute atomic E-state index is 12.4. The van der Waals surface area contributed by atoms with Crippen molar-refractivity contribution >= 4 is 44.0 Å². The minimum atomic E-state index is -3.86. The van der Waals surface area contributed by atoms with Gasteiger partial charge in [0.25, 0.3) is 10.5 Å². The van der Waals surface area contributed by atoms with Crippen molar-refractivity contribution in [3.63, 3.8) is 0 Å². The number of amides is 2. The zero-order chi connectivity index (χ0) is 21.7. The topological polar surface area (TPSA) is 229 Å². The van der Waals surface area contributed by atoms with E-state index in [1.807, 2.05) is 0 Å². The average molecular weight is 424 g/mol. The van der Waals surface area contributed by atoms with Gasteiger partial charge in [-0.1, -0.05) is 0 Å². The Morgan fingerprint density at radius 3 is 2.07 bits per heavy atom. The molecule has 12 nitrogen and oxygen atoms in total. The fourth-order valence-corrected chi connectivity index (χ4v) is 6.19. The van der Waals surface area contributed by atoms with E-state index >= 15 is 0 Å². The second kappa shape index (κ2) is 6.93. The van der Waals surface area contributed by atoms with Gasteiger partial charge in [0.1, 0.15) is 15.7 Å². The Labute approximate surface area is 165 Å². The maximum atomic E-state index is 12.4. The Bertz CT molecular complexity index is 970. The molecule has 0 unspecified atom stereocenters. The van der Waals surface area contributed by atoms with Crippen molar-refractivity contribution in [2.24, 2.45) is 22.9 Å². The van der Waals surface area contributed by atoms with Crippen molar-refractivity contribution in [1.82, 2.24) is 4.98 Å². The minimum absolute atomic E-state index is 0.0171. The number of aromatic carboxylic acids is 1. The number of aromatic nitrogens is 1. The van der Waals surface area contributed by atoms with Gasteiger partial charge in [0, 0.05) is 24.7 Å². The quantitative estimate of drug-likeness (QED) is 0.372. The molecule has 1 aromatic rings. The molecule has 3 heterocycles. The lowest BCUT2D eigenvalue weighted by molar-refractivity contribution is -0.131. The molecule has 3 rings (SSSR count). The molecule has 1 fully saturated rings. The van der Waals surface area contributed by atoms with Gasteiger partial charge in [-0.05, 0) is 28.9 Å². The highest BCUT2D eigenvalue weighted by molar-refractivity contribution is 8.58. The Morgan fingerprint density at radius 1 is 1.07 bits per heavy atom. The van der Waals surface area contributed by atoms with Crippen LogP contribution in [-0.2, 0) is 4.79 Å². The van der Waals surface area contributed by atoms with Crippen LogP contribution in [-0.4, -0.2) is 56.7 Å². The number of rotatable bonds is 3. The van der Waals surface area contributed by atoms with Gasteiger partial charge >= 0.3 is 11.9 Å². The summed E-state index contributed by atoms with van der Waals surface area (Å²) in [7, 11) is -3.86. The van der Waals surface area contributed by atoms with Crippen LogP contribution in [0.5, 0.6) is 0 Å². The molecule has 2 aliphatic heterocycles. The molecule has 0 aromatic carbocycles. The molecule has 0 radical (unpaired) electrons. The zero-order valence-corrected chi connectivity index (χ0v) is 15.9. The van der Waals surface area contributed by atoms with Crippen molar-refractivity contribution in [3.05, 3.63) is 22.1 Å². The van der Waals surface area contributed by atoms with Crippen molar-refractivity contribution in [3.8, 4) is 0 Å². The summed E-state index contributed by atoms with van der Waals surface area (Å²) >= 11 is 0. The molecule has 13 heteroatoms. The lowest BCUT2D eigenvalue weighted by atomic mass is 10.0. The van der Waals surface area contributed by atoms with Crippen LogP contribution in [0, 0.1) is 0 Å². The minimum Gasteiger partial charge on any atom is -0.478 e. The Hall–Kier alpha value is -3.32. The van der Waals surface area contributed by atoms with Gasteiger partial charge in [0.15, 0.2) is 0 Å². The van der Waals surface area contributed by atoms with Crippen LogP contribution in [0.15, 0.2) is 16.0 Å². The van der Waals surface area contributed by atoms with Crippen LogP contribution in [0.4, 0.5) is 15.4 Å². The predicted octanol–water partition coefficient (Wildman–Crippen LogP) is -0.246. The van der Waals surface area contributed by atoms with Crippen LogP contribution in [0.1, 0.15) is 28.8 Å². The van der Waals surface area contributed by atoms with Crippen LogP contribution in [0.3, 0.4) is 0 Å². The number of primary amides is 2. The van der Waals surface area contributed by atoms with E-state index in [1.165, 1.54) is 6.07 Å². The lowest BCUT2D eigenvalue weighted by Gasteiger charge is -2.33. The number of anilines is 1. The summed E-state index contributed by atoms with van der Waals surface area (Å²) < 4.78 is 0. The first-order valence-electron chi connectivity index (χ1n) is 8.48. The molecule has 1 saturated heterocycles. The molecule has 2 aliphatic rings. The van der Waals surface area contributed by atoms with E-state index in [2.05, 4.69) is 4.98 Å². The number of piperidine rings is 1. The molecular formula is C16H20N6O6S. The smallest absolute Gasteiger partial charge is 0.344 e. The number of pyridine rings is 1. The maximum Gasteiger partial charge on any atom is 0.344 e. The number of fused-ring (bicyclic) bond motifs is 1. The second-order valence-corrected chi connectivity index (χ2v) is 9.46. The van der Waals surface area contributed by atoms with E-state index in [9.17, 15) is 29.4 Å².